The van der Waals surface area contributed by atoms with Crippen molar-refractivity contribution < 1.29 is 42.1 Å². The van der Waals surface area contributed by atoms with E-state index < -0.39 is 32.5 Å². The summed E-state index contributed by atoms with van der Waals surface area (Å²) in [4.78, 5) is 38.2. The molecule has 0 aromatic rings. The zero-order valence-corrected chi connectivity index (χ0v) is 63.3. The maximum absolute atomic E-state index is 12.9. The number of hydrogen-bond acceptors (Lipinski definition) is 8. The van der Waals surface area contributed by atoms with E-state index in [1.54, 1.807) is 0 Å². The van der Waals surface area contributed by atoms with E-state index in [0.717, 1.165) is 186 Å². The highest BCUT2D eigenvalue weighted by molar-refractivity contribution is 7.45. The second-order valence-electron chi connectivity index (χ2n) is 25.5. The van der Waals surface area contributed by atoms with E-state index in [4.69, 9.17) is 18.5 Å². The van der Waals surface area contributed by atoms with Crippen LogP contribution in [0.5, 0.6) is 0 Å². The summed E-state index contributed by atoms with van der Waals surface area (Å²) in [5, 5.41) is 0. The molecule has 0 saturated heterocycles. The molecular formula is C88H138NO8P. The zero-order valence-electron chi connectivity index (χ0n) is 62.4. The first-order valence-electron chi connectivity index (χ1n) is 38.1. The molecule has 0 bridgehead atoms. The Kier molecular flexibility index (Phi) is 70.7. The van der Waals surface area contributed by atoms with E-state index in [9.17, 15) is 19.0 Å². The highest BCUT2D eigenvalue weighted by atomic mass is 31.2. The molecule has 0 fully saturated rings. The first-order valence-corrected chi connectivity index (χ1v) is 39.6. The van der Waals surface area contributed by atoms with Crippen LogP contribution in [0, 0.1) is 0 Å². The predicted octanol–water partition coefficient (Wildman–Crippen LogP) is 25.1. The average Bonchev–Trinajstić information content (AvgIpc) is 1.08. The summed E-state index contributed by atoms with van der Waals surface area (Å²) in [5.74, 6) is -0.874. The third kappa shape index (κ3) is 79.1. The number of nitrogens with zero attached hydrogens (tertiary/aromatic N) is 1. The van der Waals surface area contributed by atoms with Crippen LogP contribution >= 0.6 is 7.82 Å². The maximum Gasteiger partial charge on any atom is 0.306 e. The van der Waals surface area contributed by atoms with Crippen molar-refractivity contribution in [1.29, 1.82) is 0 Å². The molecule has 0 rings (SSSR count). The third-order valence-corrected chi connectivity index (χ3v) is 16.1. The normalized spacial score (nSPS) is 14.4. The lowest BCUT2D eigenvalue weighted by Gasteiger charge is -2.28. The number of phosphoric ester groups is 1. The van der Waals surface area contributed by atoms with Crippen LogP contribution in [-0.2, 0) is 32.7 Å². The van der Waals surface area contributed by atoms with Crippen molar-refractivity contribution in [3.05, 3.63) is 231 Å². The molecule has 0 N–H and O–H groups in total. The molecule has 2 atom stereocenters. The largest absolute Gasteiger partial charge is 0.756 e. The minimum atomic E-state index is -4.67. The number of carbonyl (C=O) groups excluding carboxylic acids is 2. The standard InChI is InChI=1S/C88H138NO8P/c1-6-8-10-12-14-16-18-20-22-24-26-28-30-32-34-36-38-40-42-44-46-48-50-52-54-56-58-60-62-64-66-68-70-72-74-76-78-80-87(90)94-84-86(85-96-98(92,93)95-83-82-89(3,4)5)97-88(91)81-79-77-75-73-71-69-67-65-63-61-59-57-55-53-51-49-47-45-43-41-39-37-35-33-31-29-27-25-23-21-19-17-15-13-11-9-7-2/h8-11,14-17,20-23,26-29,32-35,38-41,44-47,50-53,56-59,63,65,86H,6-7,12-13,18-19,24-25,30-31,36-37,42-43,48-49,54-55,60-62,64,66-85H2,1-5H3/b10-8-,11-9-,16-14-,17-15-,22-20-,23-21-,28-26-,29-27-,34-32-,35-33-,40-38-,41-39-,46-44-,47-45-,52-50-,53-51-,58-56-,59-57-,65-63-. The molecule has 0 aliphatic rings. The summed E-state index contributed by atoms with van der Waals surface area (Å²) >= 11 is 0. The van der Waals surface area contributed by atoms with Crippen molar-refractivity contribution in [2.75, 3.05) is 47.5 Å². The van der Waals surface area contributed by atoms with Gasteiger partial charge in [-0.05, 0) is 161 Å². The predicted molar refractivity (Wildman–Crippen MR) is 424 cm³/mol. The van der Waals surface area contributed by atoms with Crippen molar-refractivity contribution in [2.24, 2.45) is 0 Å². The molecule has 0 spiro atoms. The quantitative estimate of drug-likeness (QED) is 0.0195. The molecular weight excluding hydrogens is 1230 g/mol. The maximum atomic E-state index is 12.9. The van der Waals surface area contributed by atoms with E-state index in [0.29, 0.717) is 23.9 Å². The molecule has 10 heteroatoms. The first-order chi connectivity index (χ1) is 48.0. The van der Waals surface area contributed by atoms with E-state index in [2.05, 4.69) is 245 Å². The van der Waals surface area contributed by atoms with Gasteiger partial charge in [0.2, 0.25) is 0 Å². The lowest BCUT2D eigenvalue weighted by Crippen LogP contribution is -2.37. The molecule has 0 aromatic heterocycles. The summed E-state index contributed by atoms with van der Waals surface area (Å²) in [6.45, 7) is 3.96. The Balaban J connectivity index is 4.17. The number of allylic oxidation sites excluding steroid dienone is 38. The van der Waals surface area contributed by atoms with Crippen molar-refractivity contribution in [2.45, 2.75) is 264 Å². The smallest absolute Gasteiger partial charge is 0.306 e. The van der Waals surface area contributed by atoms with Crippen molar-refractivity contribution >= 4 is 19.8 Å². The van der Waals surface area contributed by atoms with Gasteiger partial charge < -0.3 is 27.9 Å². The van der Waals surface area contributed by atoms with E-state index in [1.165, 1.54) is 32.1 Å². The number of unbranched alkanes of at least 4 members (excludes halogenated alkanes) is 15. The fourth-order valence-electron chi connectivity index (χ4n) is 9.44. The summed E-state index contributed by atoms with van der Waals surface area (Å²) in [5.41, 5.74) is 0. The van der Waals surface area contributed by atoms with Crippen LogP contribution in [0.4, 0.5) is 0 Å². The van der Waals surface area contributed by atoms with Crippen LogP contribution in [0.15, 0.2) is 231 Å². The van der Waals surface area contributed by atoms with Gasteiger partial charge in [-0.25, -0.2) is 0 Å². The molecule has 0 aliphatic heterocycles. The second-order valence-corrected chi connectivity index (χ2v) is 27.0. The monoisotopic (exact) mass is 1370 g/mol. The highest BCUT2D eigenvalue weighted by Crippen LogP contribution is 2.38. The Bertz CT molecular complexity index is 2510. The lowest BCUT2D eigenvalue weighted by molar-refractivity contribution is -0.870. The summed E-state index contributed by atoms with van der Waals surface area (Å²) < 4.78 is 34.3. The number of likely N-dealkylation sites (N-methyl/N-ethyl adjacent to an activating group) is 1. The molecule has 9 nitrogen and oxygen atoms in total. The van der Waals surface area contributed by atoms with Gasteiger partial charge in [0.1, 0.15) is 19.8 Å². The molecule has 2 unspecified atom stereocenters. The molecule has 0 radical (unpaired) electrons. The fourth-order valence-corrected chi connectivity index (χ4v) is 10.2. The van der Waals surface area contributed by atoms with Crippen LogP contribution in [0.3, 0.4) is 0 Å². The lowest BCUT2D eigenvalue weighted by atomic mass is 10.1. The highest BCUT2D eigenvalue weighted by Gasteiger charge is 2.22. The number of esters is 2. The van der Waals surface area contributed by atoms with E-state index in [-0.39, 0.29) is 26.1 Å². The Labute approximate surface area is 600 Å². The minimum Gasteiger partial charge on any atom is -0.756 e. The number of rotatable bonds is 67. The van der Waals surface area contributed by atoms with Gasteiger partial charge in [-0.15, -0.1) is 0 Å². The summed E-state index contributed by atoms with van der Waals surface area (Å²) in [7, 11) is 1.12. The molecule has 98 heavy (non-hydrogen) atoms. The number of phosphoric acid groups is 1. The van der Waals surface area contributed by atoms with E-state index in [1.807, 2.05) is 21.1 Å². The first kappa shape index (κ1) is 92.1. The number of hydrogen-bond donors (Lipinski definition) is 0. The zero-order chi connectivity index (χ0) is 71.1. The van der Waals surface area contributed by atoms with Crippen LogP contribution < -0.4 is 4.89 Å². The summed E-state index contributed by atoms with van der Waals surface area (Å²) in [6, 6.07) is 0. The molecule has 548 valence electrons. The topological polar surface area (TPSA) is 111 Å². The Hall–Kier alpha value is -5.93. The van der Waals surface area contributed by atoms with Gasteiger partial charge in [-0.3, -0.25) is 14.2 Å². The van der Waals surface area contributed by atoms with Gasteiger partial charge in [0, 0.05) is 12.8 Å². The van der Waals surface area contributed by atoms with Gasteiger partial charge >= 0.3 is 11.9 Å². The van der Waals surface area contributed by atoms with Gasteiger partial charge in [-0.2, -0.15) is 0 Å². The average molecular weight is 1370 g/mol. The van der Waals surface area contributed by atoms with Crippen LogP contribution in [0.2, 0.25) is 0 Å². The van der Waals surface area contributed by atoms with Crippen LogP contribution in [0.25, 0.3) is 0 Å². The second kappa shape index (κ2) is 75.3. The minimum absolute atomic E-state index is 0.0476. The van der Waals surface area contributed by atoms with Gasteiger partial charge in [0.15, 0.2) is 6.10 Å². The molecule has 0 heterocycles. The number of carbonyl (C=O) groups is 2. The van der Waals surface area contributed by atoms with Crippen LogP contribution in [-0.4, -0.2) is 70.0 Å². The molecule has 0 aliphatic carbocycles. The van der Waals surface area contributed by atoms with Gasteiger partial charge in [-0.1, -0.05) is 315 Å². The van der Waals surface area contributed by atoms with Gasteiger partial charge in [0.25, 0.3) is 7.82 Å². The van der Waals surface area contributed by atoms with Gasteiger partial charge in [0.05, 0.1) is 27.7 Å². The van der Waals surface area contributed by atoms with E-state index >= 15 is 0 Å². The number of quaternary nitrogens is 1. The molecule has 0 aromatic carbocycles. The SMILES string of the molecule is CC/C=C\C/C=C\C/C=C\C/C=C\C/C=C\C/C=C\C/C=C\C/C=C\C/C=C\C/C=C\CCCCCCCCC(=O)OC(COC(=O)CCCCCCCCCCC/C=C\C/C=C\C/C=C\C/C=C\C/C=C\C/C=C\C/C=C\C/C=C\C/C=C\CC)COP(=O)([O-])OCC[N+](C)(C)C. The van der Waals surface area contributed by atoms with Crippen molar-refractivity contribution in [3.8, 4) is 0 Å². The fraction of sp³-hybridized carbons (Fsp3) is 0.545. The van der Waals surface area contributed by atoms with Crippen molar-refractivity contribution in [1.82, 2.24) is 0 Å². The molecule has 0 amide bonds. The third-order valence-electron chi connectivity index (χ3n) is 15.2. The summed E-state index contributed by atoms with van der Waals surface area (Å²) in [6.07, 6.45) is 121. The Morgan fingerprint density at radius 2 is 0.551 bits per heavy atom. The Morgan fingerprint density at radius 3 is 0.816 bits per heavy atom. The van der Waals surface area contributed by atoms with Crippen LogP contribution in [0.1, 0.15) is 258 Å². The van der Waals surface area contributed by atoms with Crippen molar-refractivity contribution in [3.63, 3.8) is 0 Å². The Morgan fingerprint density at radius 1 is 0.316 bits per heavy atom. The molecule has 0 saturated carbocycles. The number of ether oxygens (including phenoxy) is 2.